The normalized spacial score (nSPS) is 16.2. The van der Waals surface area contributed by atoms with E-state index in [0.717, 1.165) is 5.69 Å². The van der Waals surface area contributed by atoms with Gasteiger partial charge in [0, 0.05) is 43.6 Å². The minimum absolute atomic E-state index is 0.0242. The summed E-state index contributed by atoms with van der Waals surface area (Å²) in [7, 11) is 0. The molecule has 11 nitrogen and oxygen atoms in total. The maximum absolute atomic E-state index is 12.8. The number of fused-ring (bicyclic) bond motifs is 1. The zero-order valence-electron chi connectivity index (χ0n) is 23.8. The Morgan fingerprint density at radius 1 is 1.14 bits per heavy atom. The molecule has 0 radical (unpaired) electrons. The summed E-state index contributed by atoms with van der Waals surface area (Å²) in [5, 5.41) is 15.1. The molecule has 4 heterocycles. The van der Waals surface area contributed by atoms with Gasteiger partial charge in [-0.1, -0.05) is 24.0 Å². The summed E-state index contributed by atoms with van der Waals surface area (Å²) in [4.78, 5) is 37.8. The minimum Gasteiger partial charge on any atom is -0.378 e. The molecule has 2 aliphatic heterocycles. The second-order valence-electron chi connectivity index (χ2n) is 10.3. The number of carbonyl (C=O) groups is 2. The standard InChI is InChI=1S/C30H30F3N7O4/c1-29(43,30(31,32)33)8-3-9-34-26(41)17-21-4-2-5-23(16-21)40-19-24(27-35-10-11-39(27)20-40)37-25-7-6-22(18-36-25)28(42)38-12-14-44-15-13-38/h2,4-7,10-11,16,18-19,43H,9,12-15,17,20H2,1H3,(H,34,41)(H,36,37). The minimum atomic E-state index is -4.90. The number of nitrogens with zero attached hydrogens (tertiary/aromatic N) is 5. The van der Waals surface area contributed by atoms with E-state index in [1.54, 1.807) is 41.3 Å². The Morgan fingerprint density at radius 2 is 1.93 bits per heavy atom. The van der Waals surface area contributed by atoms with E-state index in [0.29, 0.717) is 68.4 Å². The molecule has 0 aliphatic carbocycles. The number of pyridine rings is 1. The first kappa shape index (κ1) is 30.6. The first-order valence-corrected chi connectivity index (χ1v) is 13.7. The van der Waals surface area contributed by atoms with Crippen LogP contribution in [0.4, 0.5) is 24.7 Å². The van der Waals surface area contributed by atoms with Crippen molar-refractivity contribution in [2.75, 3.05) is 43.1 Å². The zero-order valence-corrected chi connectivity index (χ0v) is 23.8. The predicted octanol–water partition coefficient (Wildman–Crippen LogP) is 2.61. The number of alkyl halides is 3. The number of amides is 2. The summed E-state index contributed by atoms with van der Waals surface area (Å²) in [5.74, 6) is 4.58. The van der Waals surface area contributed by atoms with E-state index in [2.05, 4.69) is 26.5 Å². The monoisotopic (exact) mass is 609 g/mol. The van der Waals surface area contributed by atoms with Crippen molar-refractivity contribution < 1.29 is 32.6 Å². The van der Waals surface area contributed by atoms with E-state index in [9.17, 15) is 27.9 Å². The number of aliphatic hydroxyl groups is 1. The van der Waals surface area contributed by atoms with Crippen LogP contribution in [0.25, 0.3) is 5.70 Å². The Labute approximate surface area is 251 Å². The largest absolute Gasteiger partial charge is 0.428 e. The number of anilines is 2. The highest BCUT2D eigenvalue weighted by Crippen LogP contribution is 2.29. The number of imidazole rings is 1. The van der Waals surface area contributed by atoms with E-state index in [4.69, 9.17) is 4.74 Å². The smallest absolute Gasteiger partial charge is 0.378 e. The van der Waals surface area contributed by atoms with Crippen LogP contribution in [0.1, 0.15) is 28.7 Å². The van der Waals surface area contributed by atoms with E-state index in [1.807, 2.05) is 34.0 Å². The lowest BCUT2D eigenvalue weighted by atomic mass is 10.1. The highest BCUT2D eigenvalue weighted by atomic mass is 19.4. The average Bonchev–Trinajstić information content (AvgIpc) is 3.49. The Hall–Kier alpha value is -4.87. The quantitative estimate of drug-likeness (QED) is 0.350. The molecule has 0 spiro atoms. The van der Waals surface area contributed by atoms with Crippen molar-refractivity contribution in [2.24, 2.45) is 0 Å². The van der Waals surface area contributed by atoms with E-state index in [1.165, 1.54) is 6.20 Å². The predicted molar refractivity (Wildman–Crippen MR) is 155 cm³/mol. The first-order chi connectivity index (χ1) is 21.0. The number of halogens is 3. The number of benzene rings is 1. The van der Waals surface area contributed by atoms with Crippen LogP contribution in [0.15, 0.2) is 61.2 Å². The summed E-state index contributed by atoms with van der Waals surface area (Å²) < 4.78 is 45.4. The number of aromatic nitrogens is 3. The Kier molecular flexibility index (Phi) is 8.88. The second-order valence-corrected chi connectivity index (χ2v) is 10.3. The molecule has 0 bridgehead atoms. The first-order valence-electron chi connectivity index (χ1n) is 13.7. The van der Waals surface area contributed by atoms with Crippen LogP contribution in [-0.4, -0.2) is 81.0 Å². The third kappa shape index (κ3) is 7.19. The van der Waals surface area contributed by atoms with Gasteiger partial charge >= 0.3 is 6.18 Å². The van der Waals surface area contributed by atoms with Gasteiger partial charge in [-0.05, 0) is 36.8 Å². The number of morpholine rings is 1. The molecule has 0 saturated carbocycles. The summed E-state index contributed by atoms with van der Waals surface area (Å²) in [6.45, 7) is 2.78. The molecule has 5 rings (SSSR count). The van der Waals surface area contributed by atoms with Gasteiger partial charge in [-0.3, -0.25) is 9.59 Å². The van der Waals surface area contributed by atoms with E-state index < -0.39 is 17.7 Å². The fourth-order valence-electron chi connectivity index (χ4n) is 4.53. The maximum Gasteiger partial charge on any atom is 0.428 e. The molecule has 1 fully saturated rings. The van der Waals surface area contributed by atoms with Crippen LogP contribution < -0.4 is 15.5 Å². The number of nitrogens with one attached hydrogen (secondary N) is 2. The highest BCUT2D eigenvalue weighted by molar-refractivity contribution is 5.94. The van der Waals surface area contributed by atoms with Crippen molar-refractivity contribution in [1.29, 1.82) is 0 Å². The number of hydrogen-bond acceptors (Lipinski definition) is 8. The lowest BCUT2D eigenvalue weighted by Crippen LogP contribution is -2.40. The average molecular weight is 610 g/mol. The molecule has 1 atom stereocenters. The van der Waals surface area contributed by atoms with Gasteiger partial charge < -0.3 is 34.8 Å². The van der Waals surface area contributed by atoms with Crippen LogP contribution in [0.5, 0.6) is 0 Å². The van der Waals surface area contributed by atoms with Crippen molar-refractivity contribution in [3.05, 3.63) is 78.1 Å². The SMILES string of the molecule is CC(O)(C#CCNC(=O)Cc1cccc(N2C=C(Nc3ccc(C(=O)N4CCOCC4)cn3)c3nccn3C2)c1)C(F)(F)F. The van der Waals surface area contributed by atoms with Gasteiger partial charge in [0.15, 0.2) is 5.82 Å². The molecule has 44 heavy (non-hydrogen) atoms. The lowest BCUT2D eigenvalue weighted by Gasteiger charge is -2.29. The van der Waals surface area contributed by atoms with Crippen molar-refractivity contribution in [2.45, 2.75) is 31.8 Å². The molecule has 3 aromatic rings. The third-order valence-corrected chi connectivity index (χ3v) is 6.98. The Balaban J connectivity index is 1.24. The maximum atomic E-state index is 12.8. The molecular weight excluding hydrogens is 579 g/mol. The summed E-state index contributed by atoms with van der Waals surface area (Å²) in [6.07, 6.45) is 2.01. The van der Waals surface area contributed by atoms with Gasteiger partial charge in [0.25, 0.3) is 5.91 Å². The van der Waals surface area contributed by atoms with E-state index >= 15 is 0 Å². The number of carbonyl (C=O) groups excluding carboxylic acids is 2. The number of rotatable bonds is 7. The summed E-state index contributed by atoms with van der Waals surface area (Å²) in [5.41, 5.74) is -0.541. The fourth-order valence-corrected chi connectivity index (χ4v) is 4.53. The van der Waals surface area contributed by atoms with Gasteiger partial charge in [-0.25, -0.2) is 9.97 Å². The highest BCUT2D eigenvalue weighted by Gasteiger charge is 2.48. The molecular formula is C30H30F3N7O4. The Bertz CT molecular complexity index is 1600. The van der Waals surface area contributed by atoms with Crippen LogP contribution >= 0.6 is 0 Å². The third-order valence-electron chi connectivity index (χ3n) is 6.98. The molecule has 230 valence electrons. The van der Waals surface area contributed by atoms with Crippen molar-refractivity contribution in [3.63, 3.8) is 0 Å². The fraction of sp³-hybridized carbons (Fsp3) is 0.333. The van der Waals surface area contributed by atoms with Gasteiger partial charge in [0.05, 0.1) is 37.4 Å². The van der Waals surface area contributed by atoms with Crippen LogP contribution in [0, 0.1) is 11.8 Å². The van der Waals surface area contributed by atoms with Gasteiger partial charge in [-0.15, -0.1) is 0 Å². The molecule has 3 N–H and O–H groups in total. The summed E-state index contributed by atoms with van der Waals surface area (Å²) >= 11 is 0. The Morgan fingerprint density at radius 3 is 2.66 bits per heavy atom. The summed E-state index contributed by atoms with van der Waals surface area (Å²) in [6, 6.07) is 10.7. The van der Waals surface area contributed by atoms with E-state index in [-0.39, 0.29) is 18.9 Å². The molecule has 1 saturated heterocycles. The zero-order chi connectivity index (χ0) is 31.3. The van der Waals surface area contributed by atoms with Crippen molar-refractivity contribution in [1.82, 2.24) is 24.8 Å². The van der Waals surface area contributed by atoms with Crippen LogP contribution in [0.3, 0.4) is 0 Å². The molecule has 14 heteroatoms. The van der Waals surface area contributed by atoms with Crippen LogP contribution in [-0.2, 0) is 22.6 Å². The molecule has 2 amide bonds. The van der Waals surface area contributed by atoms with Crippen LogP contribution in [0.2, 0.25) is 0 Å². The molecule has 2 aromatic heterocycles. The second kappa shape index (κ2) is 12.8. The van der Waals surface area contributed by atoms with Gasteiger partial charge in [-0.2, -0.15) is 13.2 Å². The topological polar surface area (TPSA) is 125 Å². The lowest BCUT2D eigenvalue weighted by molar-refractivity contribution is -0.228. The number of ether oxygens (including phenoxy) is 1. The molecule has 2 aliphatic rings. The number of hydrogen-bond donors (Lipinski definition) is 3. The van der Waals surface area contributed by atoms with Gasteiger partial charge in [0.2, 0.25) is 11.5 Å². The van der Waals surface area contributed by atoms with Crippen molar-refractivity contribution in [3.8, 4) is 11.8 Å². The molecule has 1 aromatic carbocycles. The van der Waals surface area contributed by atoms with Crippen molar-refractivity contribution >= 4 is 29.0 Å². The molecule has 1 unspecified atom stereocenters. The van der Waals surface area contributed by atoms with Gasteiger partial charge in [0.1, 0.15) is 12.5 Å².